The maximum Gasteiger partial charge on any atom is 0.129 e. The largest absolute Gasteiger partial charge is 0.313 e. The van der Waals surface area contributed by atoms with Crippen molar-refractivity contribution in [3.8, 4) is 0 Å². The smallest absolute Gasteiger partial charge is 0.129 e. The number of Topliss-reactive ketones (excluding diaryl/α,β-unsaturated/α-hetero) is 1. The quantitative estimate of drug-likeness (QED) is 0.876. The van der Waals surface area contributed by atoms with E-state index >= 15 is 0 Å². The van der Waals surface area contributed by atoms with E-state index in [2.05, 4.69) is 5.32 Å². The molecule has 17 heavy (non-hydrogen) atoms. The van der Waals surface area contributed by atoms with Crippen LogP contribution in [0, 0.1) is 12.7 Å². The van der Waals surface area contributed by atoms with Crippen LogP contribution in [-0.2, 0) is 4.79 Å². The number of ketones is 1. The molecule has 0 amide bonds. The molecule has 0 aliphatic heterocycles. The minimum atomic E-state index is -0.271. The van der Waals surface area contributed by atoms with Gasteiger partial charge >= 0.3 is 0 Å². The van der Waals surface area contributed by atoms with Crippen LogP contribution in [0.2, 0.25) is 5.02 Å². The second-order valence-corrected chi connectivity index (χ2v) is 4.61. The molecular weight excluding hydrogens is 241 g/mol. The van der Waals surface area contributed by atoms with Crippen LogP contribution in [0.3, 0.4) is 0 Å². The number of halogens is 2. The van der Waals surface area contributed by atoms with Gasteiger partial charge < -0.3 is 10.1 Å². The van der Waals surface area contributed by atoms with Crippen molar-refractivity contribution in [1.29, 1.82) is 0 Å². The zero-order valence-corrected chi connectivity index (χ0v) is 11.1. The lowest BCUT2D eigenvalue weighted by Gasteiger charge is -2.18. The number of rotatable bonds is 5. The molecule has 1 aromatic carbocycles. The molecule has 1 rings (SSSR count). The van der Waals surface area contributed by atoms with Crippen LogP contribution in [0.4, 0.5) is 4.39 Å². The average molecular weight is 258 g/mol. The van der Waals surface area contributed by atoms with E-state index in [9.17, 15) is 9.18 Å². The highest BCUT2D eigenvalue weighted by Gasteiger charge is 2.15. The first kappa shape index (κ1) is 14.1. The van der Waals surface area contributed by atoms with Crippen molar-refractivity contribution < 1.29 is 9.18 Å². The summed E-state index contributed by atoms with van der Waals surface area (Å²) in [6.45, 7) is 3.22. The summed E-state index contributed by atoms with van der Waals surface area (Å²) in [6.07, 6.45) is 1.07. The Morgan fingerprint density at radius 2 is 2.18 bits per heavy atom. The van der Waals surface area contributed by atoms with Gasteiger partial charge in [0.25, 0.3) is 0 Å². The standard InChI is InChI=1S/C13H17ClFNO/c1-8-6-11(14)10(7-12(8)15)13(16-3)5-4-9(2)17/h6-7,13,16H,4-5H2,1-3H3. The summed E-state index contributed by atoms with van der Waals surface area (Å²) < 4.78 is 13.5. The van der Waals surface area contributed by atoms with Gasteiger partial charge in [-0.05, 0) is 50.6 Å². The molecule has 1 N–H and O–H groups in total. The highest BCUT2D eigenvalue weighted by Crippen LogP contribution is 2.28. The van der Waals surface area contributed by atoms with Crippen molar-refractivity contribution in [2.75, 3.05) is 7.05 Å². The van der Waals surface area contributed by atoms with E-state index in [4.69, 9.17) is 11.6 Å². The second-order valence-electron chi connectivity index (χ2n) is 4.20. The Bertz CT molecular complexity index is 420. The summed E-state index contributed by atoms with van der Waals surface area (Å²) in [7, 11) is 1.78. The fourth-order valence-corrected chi connectivity index (χ4v) is 2.08. The summed E-state index contributed by atoms with van der Waals surface area (Å²) in [4.78, 5) is 11.0. The molecule has 94 valence electrons. The third-order valence-corrected chi connectivity index (χ3v) is 3.11. The van der Waals surface area contributed by atoms with Gasteiger partial charge in [0.2, 0.25) is 0 Å². The van der Waals surface area contributed by atoms with Crippen molar-refractivity contribution in [2.24, 2.45) is 0 Å². The lowest BCUT2D eigenvalue weighted by Crippen LogP contribution is -2.18. The SMILES string of the molecule is CNC(CCC(C)=O)c1cc(F)c(C)cc1Cl. The second kappa shape index (κ2) is 6.12. The van der Waals surface area contributed by atoms with Gasteiger partial charge in [-0.15, -0.1) is 0 Å². The number of aryl methyl sites for hydroxylation is 1. The fourth-order valence-electron chi connectivity index (χ4n) is 1.73. The lowest BCUT2D eigenvalue weighted by molar-refractivity contribution is -0.117. The van der Waals surface area contributed by atoms with Crippen molar-refractivity contribution in [2.45, 2.75) is 32.7 Å². The van der Waals surface area contributed by atoms with Gasteiger partial charge in [-0.3, -0.25) is 0 Å². The number of hydrogen-bond acceptors (Lipinski definition) is 2. The zero-order valence-electron chi connectivity index (χ0n) is 10.3. The number of hydrogen-bond donors (Lipinski definition) is 1. The molecule has 1 unspecified atom stereocenters. The van der Waals surface area contributed by atoms with Crippen LogP contribution in [0.15, 0.2) is 12.1 Å². The van der Waals surface area contributed by atoms with E-state index in [-0.39, 0.29) is 17.6 Å². The summed E-state index contributed by atoms with van der Waals surface area (Å²) >= 11 is 6.10. The van der Waals surface area contributed by atoms with Gasteiger partial charge in [-0.1, -0.05) is 11.6 Å². The number of carbonyl (C=O) groups excluding carboxylic acids is 1. The minimum absolute atomic E-state index is 0.0958. The predicted molar refractivity (Wildman–Crippen MR) is 67.9 cm³/mol. The van der Waals surface area contributed by atoms with Gasteiger partial charge in [0, 0.05) is 17.5 Å². The monoisotopic (exact) mass is 257 g/mol. The van der Waals surface area contributed by atoms with E-state index in [1.807, 2.05) is 0 Å². The van der Waals surface area contributed by atoms with Crippen molar-refractivity contribution in [3.05, 3.63) is 34.1 Å². The molecule has 0 saturated carbocycles. The molecular formula is C13H17ClFNO. The van der Waals surface area contributed by atoms with Gasteiger partial charge in [-0.25, -0.2) is 4.39 Å². The molecule has 0 radical (unpaired) electrons. The normalized spacial score (nSPS) is 12.5. The molecule has 0 aliphatic rings. The Morgan fingerprint density at radius 3 is 2.71 bits per heavy atom. The lowest BCUT2D eigenvalue weighted by atomic mass is 9.99. The molecule has 0 aromatic heterocycles. The van der Waals surface area contributed by atoms with Crippen LogP contribution in [0.5, 0.6) is 0 Å². The molecule has 1 aromatic rings. The molecule has 0 heterocycles. The number of benzene rings is 1. The molecule has 0 fully saturated rings. The Morgan fingerprint density at radius 1 is 1.53 bits per heavy atom. The third-order valence-electron chi connectivity index (χ3n) is 2.79. The first-order valence-electron chi connectivity index (χ1n) is 5.58. The first-order chi connectivity index (χ1) is 7.95. The summed E-state index contributed by atoms with van der Waals surface area (Å²) in [6, 6.07) is 2.96. The maximum absolute atomic E-state index is 13.5. The molecule has 0 spiro atoms. The Kier molecular flexibility index (Phi) is 5.09. The number of carbonyl (C=O) groups is 1. The highest BCUT2D eigenvalue weighted by molar-refractivity contribution is 6.31. The van der Waals surface area contributed by atoms with Crippen LogP contribution in [0.1, 0.15) is 36.9 Å². The Balaban J connectivity index is 2.95. The summed E-state index contributed by atoms with van der Waals surface area (Å²) in [5.41, 5.74) is 1.23. The molecule has 0 aliphatic carbocycles. The molecule has 1 atom stereocenters. The fraction of sp³-hybridized carbons (Fsp3) is 0.462. The van der Waals surface area contributed by atoms with E-state index in [0.29, 0.717) is 29.0 Å². The van der Waals surface area contributed by atoms with Crippen LogP contribution < -0.4 is 5.32 Å². The van der Waals surface area contributed by atoms with Gasteiger partial charge in [0.1, 0.15) is 11.6 Å². The molecule has 2 nitrogen and oxygen atoms in total. The van der Waals surface area contributed by atoms with E-state index in [1.54, 1.807) is 27.0 Å². The van der Waals surface area contributed by atoms with Crippen molar-refractivity contribution >= 4 is 17.4 Å². The third kappa shape index (κ3) is 3.79. The average Bonchev–Trinajstić information content (AvgIpc) is 2.25. The van der Waals surface area contributed by atoms with Crippen LogP contribution in [-0.4, -0.2) is 12.8 Å². The predicted octanol–water partition coefficient (Wildman–Crippen LogP) is 3.42. The van der Waals surface area contributed by atoms with Crippen LogP contribution >= 0.6 is 11.6 Å². The molecule has 0 saturated heterocycles. The van der Waals surface area contributed by atoms with Gasteiger partial charge in [0.15, 0.2) is 0 Å². The topological polar surface area (TPSA) is 29.1 Å². The first-order valence-corrected chi connectivity index (χ1v) is 5.95. The number of nitrogens with one attached hydrogen (secondary N) is 1. The molecule has 4 heteroatoms. The summed E-state index contributed by atoms with van der Waals surface area (Å²) in [5, 5.41) is 3.59. The van der Waals surface area contributed by atoms with Crippen molar-refractivity contribution in [3.63, 3.8) is 0 Å². The molecule has 0 bridgehead atoms. The Labute approximate surface area is 106 Å². The van der Waals surface area contributed by atoms with Crippen LogP contribution in [0.25, 0.3) is 0 Å². The highest BCUT2D eigenvalue weighted by atomic mass is 35.5. The summed E-state index contributed by atoms with van der Waals surface area (Å²) in [5.74, 6) is -0.151. The van der Waals surface area contributed by atoms with Gasteiger partial charge in [0.05, 0.1) is 0 Å². The Hall–Kier alpha value is -0.930. The van der Waals surface area contributed by atoms with E-state index in [0.717, 1.165) is 0 Å². The van der Waals surface area contributed by atoms with E-state index in [1.165, 1.54) is 6.07 Å². The van der Waals surface area contributed by atoms with E-state index < -0.39 is 0 Å². The van der Waals surface area contributed by atoms with Crippen molar-refractivity contribution in [1.82, 2.24) is 5.32 Å². The minimum Gasteiger partial charge on any atom is -0.313 e. The zero-order chi connectivity index (χ0) is 13.0. The van der Waals surface area contributed by atoms with Gasteiger partial charge in [-0.2, -0.15) is 0 Å². The maximum atomic E-state index is 13.5.